The van der Waals surface area contributed by atoms with Gasteiger partial charge in [0.15, 0.2) is 15.0 Å². The number of aromatic nitrogens is 1. The molecule has 1 aromatic heterocycles. The van der Waals surface area contributed by atoms with Crippen molar-refractivity contribution in [2.45, 2.75) is 31.7 Å². The maximum atomic E-state index is 12.0. The molecule has 120 valence electrons. The molecular formula is C13H23N3O2S3. The van der Waals surface area contributed by atoms with E-state index in [1.165, 1.54) is 6.26 Å². The first kappa shape index (κ1) is 17.1. The first-order chi connectivity index (χ1) is 9.93. The summed E-state index contributed by atoms with van der Waals surface area (Å²) in [6, 6.07) is 0.257. The van der Waals surface area contributed by atoms with Crippen molar-refractivity contribution in [2.24, 2.45) is 0 Å². The number of thiazole rings is 1. The normalized spacial score (nSPS) is 21.5. The highest BCUT2D eigenvalue weighted by atomic mass is 32.2. The van der Waals surface area contributed by atoms with Crippen molar-refractivity contribution >= 4 is 38.1 Å². The van der Waals surface area contributed by atoms with E-state index in [-0.39, 0.29) is 6.04 Å². The molecule has 1 aliphatic rings. The summed E-state index contributed by atoms with van der Waals surface area (Å²) in [5, 5.41) is 3.81. The third-order valence-electron chi connectivity index (χ3n) is 3.46. The van der Waals surface area contributed by atoms with Crippen LogP contribution in [0.3, 0.4) is 0 Å². The largest absolute Gasteiger partial charge is 0.330 e. The van der Waals surface area contributed by atoms with E-state index in [9.17, 15) is 8.42 Å². The molecule has 1 N–H and O–H groups in total. The lowest BCUT2D eigenvalue weighted by atomic mass is 10.3. The maximum absolute atomic E-state index is 12.0. The van der Waals surface area contributed by atoms with Crippen LogP contribution in [0.5, 0.6) is 0 Å². The van der Waals surface area contributed by atoms with Crippen LogP contribution in [-0.4, -0.2) is 49.6 Å². The molecule has 0 aromatic carbocycles. The third kappa shape index (κ3) is 4.34. The van der Waals surface area contributed by atoms with Crippen molar-refractivity contribution in [1.29, 1.82) is 0 Å². The van der Waals surface area contributed by atoms with Gasteiger partial charge in [-0.3, -0.25) is 0 Å². The van der Waals surface area contributed by atoms with Gasteiger partial charge in [-0.15, -0.1) is 11.3 Å². The summed E-state index contributed by atoms with van der Waals surface area (Å²) in [4.78, 5) is 7.57. The van der Waals surface area contributed by atoms with Crippen LogP contribution in [0.1, 0.15) is 31.2 Å². The standard InChI is InChI=1S/C13H23N3O2S3/c1-4-5-14-10(2)11-8-15-13(20-11)16-6-7-19-9-12(16)21(3,17)18/h8,10,12,14H,4-7,9H2,1-3H3. The second-order valence-electron chi connectivity index (χ2n) is 5.27. The molecule has 0 saturated carbocycles. The molecule has 1 fully saturated rings. The molecule has 1 saturated heterocycles. The van der Waals surface area contributed by atoms with Gasteiger partial charge in [0.2, 0.25) is 0 Å². The van der Waals surface area contributed by atoms with Gasteiger partial charge < -0.3 is 10.2 Å². The fourth-order valence-corrected chi connectivity index (χ4v) is 6.13. The van der Waals surface area contributed by atoms with Crippen molar-refractivity contribution in [3.05, 3.63) is 11.1 Å². The molecule has 0 amide bonds. The molecule has 0 bridgehead atoms. The Labute approximate surface area is 135 Å². The average Bonchev–Trinajstić information content (AvgIpc) is 2.93. The monoisotopic (exact) mass is 349 g/mol. The fraction of sp³-hybridized carbons (Fsp3) is 0.769. The maximum Gasteiger partial charge on any atom is 0.186 e. The number of nitrogens with zero attached hydrogens (tertiary/aromatic N) is 2. The molecule has 2 unspecified atom stereocenters. The van der Waals surface area contributed by atoms with Crippen LogP contribution in [0, 0.1) is 0 Å². The van der Waals surface area contributed by atoms with Gasteiger partial charge in [-0.2, -0.15) is 11.8 Å². The zero-order valence-electron chi connectivity index (χ0n) is 12.7. The van der Waals surface area contributed by atoms with Crippen molar-refractivity contribution in [1.82, 2.24) is 10.3 Å². The van der Waals surface area contributed by atoms with E-state index in [4.69, 9.17) is 0 Å². The number of hydrogen-bond acceptors (Lipinski definition) is 7. The predicted octanol–water partition coefficient (Wildman–Crippen LogP) is 2.13. The Bertz CT molecular complexity index is 559. The average molecular weight is 350 g/mol. The molecular weight excluding hydrogens is 326 g/mol. The highest BCUT2D eigenvalue weighted by molar-refractivity contribution is 8.01. The van der Waals surface area contributed by atoms with Gasteiger partial charge >= 0.3 is 0 Å². The SMILES string of the molecule is CCCNC(C)c1cnc(N2CCSCC2S(C)(=O)=O)s1. The zero-order valence-corrected chi connectivity index (χ0v) is 15.2. The van der Waals surface area contributed by atoms with E-state index < -0.39 is 15.2 Å². The van der Waals surface area contributed by atoms with Gasteiger partial charge in [0.05, 0.1) is 0 Å². The topological polar surface area (TPSA) is 62.3 Å². The summed E-state index contributed by atoms with van der Waals surface area (Å²) >= 11 is 3.29. The number of rotatable bonds is 6. The van der Waals surface area contributed by atoms with Gasteiger partial charge in [-0.05, 0) is 19.9 Å². The van der Waals surface area contributed by atoms with E-state index in [1.54, 1.807) is 23.1 Å². The molecule has 2 heterocycles. The van der Waals surface area contributed by atoms with Gasteiger partial charge in [-0.1, -0.05) is 6.92 Å². The van der Waals surface area contributed by atoms with E-state index in [0.29, 0.717) is 5.75 Å². The molecule has 2 rings (SSSR count). The lowest BCUT2D eigenvalue weighted by Crippen LogP contribution is -2.47. The molecule has 0 radical (unpaired) electrons. The van der Waals surface area contributed by atoms with Crippen LogP contribution < -0.4 is 10.2 Å². The second-order valence-corrected chi connectivity index (χ2v) is 9.67. The second kappa shape index (κ2) is 7.30. The number of hydrogen-bond donors (Lipinski definition) is 1. The minimum atomic E-state index is -3.09. The summed E-state index contributed by atoms with van der Waals surface area (Å²) in [6.45, 7) is 5.97. The van der Waals surface area contributed by atoms with E-state index in [0.717, 1.165) is 35.3 Å². The first-order valence-corrected chi connectivity index (χ1v) is 11.1. The fourth-order valence-electron chi connectivity index (χ4n) is 2.23. The number of anilines is 1. The van der Waals surface area contributed by atoms with E-state index >= 15 is 0 Å². The van der Waals surface area contributed by atoms with Gasteiger partial charge in [0, 0.05) is 41.4 Å². The highest BCUT2D eigenvalue weighted by Crippen LogP contribution is 2.32. The van der Waals surface area contributed by atoms with E-state index in [2.05, 4.69) is 24.1 Å². The van der Waals surface area contributed by atoms with Crippen LogP contribution in [0.4, 0.5) is 5.13 Å². The van der Waals surface area contributed by atoms with Crippen LogP contribution in [-0.2, 0) is 9.84 Å². The highest BCUT2D eigenvalue weighted by Gasteiger charge is 2.32. The molecule has 0 spiro atoms. The van der Waals surface area contributed by atoms with Crippen molar-refractivity contribution in [3.63, 3.8) is 0 Å². The molecule has 5 nitrogen and oxygen atoms in total. The Morgan fingerprint density at radius 3 is 3.00 bits per heavy atom. The quantitative estimate of drug-likeness (QED) is 0.849. The number of thioether (sulfide) groups is 1. The summed E-state index contributed by atoms with van der Waals surface area (Å²) in [5.41, 5.74) is 0. The Morgan fingerprint density at radius 1 is 1.57 bits per heavy atom. The van der Waals surface area contributed by atoms with Crippen molar-refractivity contribution < 1.29 is 8.42 Å². The van der Waals surface area contributed by atoms with Gasteiger partial charge in [-0.25, -0.2) is 13.4 Å². The molecule has 0 aliphatic carbocycles. The molecule has 21 heavy (non-hydrogen) atoms. The smallest absolute Gasteiger partial charge is 0.186 e. The van der Waals surface area contributed by atoms with Crippen LogP contribution in [0.25, 0.3) is 0 Å². The third-order valence-corrected chi connectivity index (χ3v) is 7.32. The number of nitrogens with one attached hydrogen (secondary N) is 1. The Hall–Kier alpha value is -0.310. The summed E-state index contributed by atoms with van der Waals surface area (Å²) in [6.07, 6.45) is 4.28. The van der Waals surface area contributed by atoms with Crippen LogP contribution >= 0.6 is 23.1 Å². The van der Waals surface area contributed by atoms with Crippen molar-refractivity contribution in [2.75, 3.05) is 35.8 Å². The first-order valence-electron chi connectivity index (χ1n) is 7.16. The molecule has 8 heteroatoms. The summed E-state index contributed by atoms with van der Waals surface area (Å²) in [7, 11) is -3.09. The predicted molar refractivity (Wildman–Crippen MR) is 92.1 cm³/mol. The Morgan fingerprint density at radius 2 is 2.33 bits per heavy atom. The van der Waals surface area contributed by atoms with Gasteiger partial charge in [0.1, 0.15) is 5.37 Å². The van der Waals surface area contributed by atoms with Crippen LogP contribution in [0.15, 0.2) is 6.20 Å². The lowest BCUT2D eigenvalue weighted by Gasteiger charge is -2.33. The summed E-state index contributed by atoms with van der Waals surface area (Å²) < 4.78 is 23.9. The molecule has 1 aliphatic heterocycles. The molecule has 1 aromatic rings. The van der Waals surface area contributed by atoms with E-state index in [1.807, 2.05) is 11.1 Å². The van der Waals surface area contributed by atoms with Gasteiger partial charge in [0.25, 0.3) is 0 Å². The Kier molecular flexibility index (Phi) is 5.93. The van der Waals surface area contributed by atoms with Crippen LogP contribution in [0.2, 0.25) is 0 Å². The lowest BCUT2D eigenvalue weighted by molar-refractivity contribution is 0.577. The summed E-state index contributed by atoms with van der Waals surface area (Å²) in [5.74, 6) is 1.57. The molecule has 2 atom stereocenters. The minimum absolute atomic E-state index is 0.257. The van der Waals surface area contributed by atoms with Crippen molar-refractivity contribution in [3.8, 4) is 0 Å². The Balaban J connectivity index is 2.15. The minimum Gasteiger partial charge on any atom is -0.330 e. The zero-order chi connectivity index (χ0) is 15.5. The number of sulfone groups is 1.